The van der Waals surface area contributed by atoms with Crippen molar-refractivity contribution in [3.8, 4) is 0 Å². The normalized spacial score (nSPS) is 11.9. The van der Waals surface area contributed by atoms with E-state index in [1.165, 1.54) is 0 Å². The summed E-state index contributed by atoms with van der Waals surface area (Å²) in [6, 6.07) is 7.76. The van der Waals surface area contributed by atoms with Gasteiger partial charge in [-0.15, -0.1) is 0 Å². The van der Waals surface area contributed by atoms with Crippen molar-refractivity contribution in [2.24, 2.45) is 17.3 Å². The van der Waals surface area contributed by atoms with Gasteiger partial charge in [0.05, 0.1) is 19.1 Å². The highest BCUT2D eigenvalue weighted by Crippen LogP contribution is 2.02. The number of nitrogens with two attached hydrogens (primary N) is 3. The van der Waals surface area contributed by atoms with Crippen LogP contribution in [0.5, 0.6) is 0 Å². The van der Waals surface area contributed by atoms with Crippen molar-refractivity contribution < 1.29 is 9.59 Å². The molecule has 1 aromatic carbocycles. The topological polar surface area (TPSA) is 115 Å². The van der Waals surface area contributed by atoms with Gasteiger partial charge in [0.25, 0.3) is 0 Å². The molecule has 0 saturated heterocycles. The van der Waals surface area contributed by atoms with Crippen molar-refractivity contribution >= 4 is 11.7 Å². The maximum absolute atomic E-state index is 11.8. The molecule has 1 atom stereocenters. The van der Waals surface area contributed by atoms with E-state index in [-0.39, 0.29) is 18.9 Å². The molecule has 0 aliphatic carbocycles. The van der Waals surface area contributed by atoms with Gasteiger partial charge in [0.2, 0.25) is 5.91 Å². The number of nitrogens with zero attached hydrogens (tertiary/aromatic N) is 1. The molecule has 1 aromatic rings. The number of Topliss-reactive ketones (excluding diaryl/α,β-unsaturated/α-hetero) is 1. The van der Waals surface area contributed by atoms with E-state index < -0.39 is 11.9 Å². The summed E-state index contributed by atoms with van der Waals surface area (Å²) in [7, 11) is 0. The number of hydrogen-bond acceptors (Lipinski definition) is 5. The summed E-state index contributed by atoms with van der Waals surface area (Å²) < 4.78 is 0. The third-order valence-electron chi connectivity index (χ3n) is 2.28. The fraction of sp³-hybridized carbons (Fsp3) is 0.273. The molecule has 6 heteroatoms. The lowest BCUT2D eigenvalue weighted by molar-refractivity contribution is -0.130. The van der Waals surface area contributed by atoms with Crippen LogP contribution in [0.1, 0.15) is 10.4 Å². The van der Waals surface area contributed by atoms with Gasteiger partial charge in [0.15, 0.2) is 5.78 Å². The Balaban J connectivity index is 2.62. The van der Waals surface area contributed by atoms with Crippen LogP contribution in [0.25, 0.3) is 0 Å². The van der Waals surface area contributed by atoms with Gasteiger partial charge >= 0.3 is 0 Å². The number of hydrazine groups is 1. The van der Waals surface area contributed by atoms with Crippen LogP contribution in [-0.4, -0.2) is 35.8 Å². The number of carbonyl (C=O) groups excluding carboxylic acids is 2. The van der Waals surface area contributed by atoms with E-state index in [4.69, 9.17) is 17.3 Å². The van der Waals surface area contributed by atoms with Gasteiger partial charge in [-0.2, -0.15) is 0 Å². The molecule has 17 heavy (non-hydrogen) atoms. The van der Waals surface area contributed by atoms with Crippen molar-refractivity contribution in [1.82, 2.24) is 5.01 Å². The van der Waals surface area contributed by atoms with Crippen molar-refractivity contribution in [1.29, 1.82) is 0 Å². The predicted molar refractivity (Wildman–Crippen MR) is 63.7 cm³/mol. The molecule has 0 bridgehead atoms. The molecule has 0 heterocycles. The molecule has 0 aliphatic heterocycles. The van der Waals surface area contributed by atoms with Crippen LogP contribution < -0.4 is 17.3 Å². The van der Waals surface area contributed by atoms with Gasteiger partial charge in [0, 0.05) is 5.56 Å². The number of amides is 1. The summed E-state index contributed by atoms with van der Waals surface area (Å²) in [6.07, 6.45) is 0. The maximum atomic E-state index is 11.8. The van der Waals surface area contributed by atoms with Crippen LogP contribution in [-0.2, 0) is 4.79 Å². The van der Waals surface area contributed by atoms with Crippen molar-refractivity contribution in [3.63, 3.8) is 0 Å². The van der Waals surface area contributed by atoms with Gasteiger partial charge in [-0.25, -0.2) is 5.84 Å². The molecule has 0 spiro atoms. The van der Waals surface area contributed by atoms with E-state index in [1.54, 1.807) is 30.3 Å². The average molecular weight is 236 g/mol. The molecule has 92 valence electrons. The quantitative estimate of drug-likeness (QED) is 0.258. The second-order valence-electron chi connectivity index (χ2n) is 3.59. The second kappa shape index (κ2) is 6.09. The van der Waals surface area contributed by atoms with Crippen LogP contribution in [0.4, 0.5) is 0 Å². The second-order valence-corrected chi connectivity index (χ2v) is 3.59. The number of rotatable bonds is 5. The SMILES string of the molecule is NCC(=O)N(N)CC(N)C(=O)c1ccccc1. The van der Waals surface area contributed by atoms with E-state index in [2.05, 4.69) is 0 Å². The van der Waals surface area contributed by atoms with Crippen LogP contribution in [0.2, 0.25) is 0 Å². The number of hydrogen-bond donors (Lipinski definition) is 3. The van der Waals surface area contributed by atoms with E-state index in [0.29, 0.717) is 5.56 Å². The highest BCUT2D eigenvalue weighted by atomic mass is 16.2. The highest BCUT2D eigenvalue weighted by molar-refractivity contribution is 6.00. The largest absolute Gasteiger partial charge is 0.322 e. The van der Waals surface area contributed by atoms with Crippen LogP contribution in [0.15, 0.2) is 30.3 Å². The molecule has 0 fully saturated rings. The Morgan fingerprint density at radius 2 is 1.82 bits per heavy atom. The Morgan fingerprint density at radius 3 is 2.35 bits per heavy atom. The van der Waals surface area contributed by atoms with Gasteiger partial charge < -0.3 is 11.5 Å². The van der Waals surface area contributed by atoms with Gasteiger partial charge in [0.1, 0.15) is 0 Å². The summed E-state index contributed by atoms with van der Waals surface area (Å²) in [5, 5.41) is 0.867. The number of benzene rings is 1. The molecule has 0 saturated carbocycles. The first-order chi connectivity index (χ1) is 8.06. The zero-order valence-corrected chi connectivity index (χ0v) is 9.37. The summed E-state index contributed by atoms with van der Waals surface area (Å²) >= 11 is 0. The molecule has 6 nitrogen and oxygen atoms in total. The lowest BCUT2D eigenvalue weighted by Crippen LogP contribution is -2.50. The molecular weight excluding hydrogens is 220 g/mol. The van der Waals surface area contributed by atoms with E-state index >= 15 is 0 Å². The van der Waals surface area contributed by atoms with Gasteiger partial charge in [-0.05, 0) is 0 Å². The van der Waals surface area contributed by atoms with Crippen molar-refractivity contribution in [2.75, 3.05) is 13.1 Å². The Bertz CT molecular complexity index is 394. The lowest BCUT2D eigenvalue weighted by Gasteiger charge is -2.19. The van der Waals surface area contributed by atoms with Gasteiger partial charge in [-0.3, -0.25) is 14.6 Å². The Hall–Kier alpha value is -1.76. The van der Waals surface area contributed by atoms with Crippen molar-refractivity contribution in [2.45, 2.75) is 6.04 Å². The zero-order chi connectivity index (χ0) is 12.8. The third kappa shape index (κ3) is 3.63. The van der Waals surface area contributed by atoms with E-state index in [0.717, 1.165) is 5.01 Å². The van der Waals surface area contributed by atoms with Crippen molar-refractivity contribution in [3.05, 3.63) is 35.9 Å². The van der Waals surface area contributed by atoms with Crippen LogP contribution in [0.3, 0.4) is 0 Å². The summed E-state index contributed by atoms with van der Waals surface area (Å²) in [4.78, 5) is 23.0. The third-order valence-corrected chi connectivity index (χ3v) is 2.28. The molecule has 1 unspecified atom stereocenters. The minimum atomic E-state index is -0.849. The lowest BCUT2D eigenvalue weighted by atomic mass is 10.0. The highest BCUT2D eigenvalue weighted by Gasteiger charge is 2.19. The minimum absolute atomic E-state index is 0.0518. The first-order valence-electron chi connectivity index (χ1n) is 5.16. The Kier molecular flexibility index (Phi) is 4.77. The van der Waals surface area contributed by atoms with E-state index in [9.17, 15) is 9.59 Å². The Labute approximate surface area is 99.3 Å². The molecule has 0 aromatic heterocycles. The molecule has 1 rings (SSSR count). The molecule has 0 radical (unpaired) electrons. The first-order valence-corrected chi connectivity index (χ1v) is 5.16. The predicted octanol–water partition coefficient (Wildman–Crippen LogP) is -1.14. The average Bonchev–Trinajstić information content (AvgIpc) is 2.37. The summed E-state index contributed by atoms with van der Waals surface area (Å²) in [5.74, 6) is 4.70. The fourth-order valence-corrected chi connectivity index (χ4v) is 1.33. The summed E-state index contributed by atoms with van der Waals surface area (Å²) in [6.45, 7) is -0.257. The molecule has 0 aliphatic rings. The number of carbonyl (C=O) groups is 2. The molecular formula is C11H16N4O2. The first kappa shape index (κ1) is 13.3. The van der Waals surface area contributed by atoms with Crippen LogP contribution in [0, 0.1) is 0 Å². The smallest absolute Gasteiger partial charge is 0.250 e. The van der Waals surface area contributed by atoms with Gasteiger partial charge in [-0.1, -0.05) is 30.3 Å². The maximum Gasteiger partial charge on any atom is 0.250 e. The Morgan fingerprint density at radius 1 is 1.24 bits per heavy atom. The monoisotopic (exact) mass is 236 g/mol. The zero-order valence-electron chi connectivity index (χ0n) is 9.37. The standard InChI is InChI=1S/C11H16N4O2/c12-6-10(16)15(14)7-9(13)11(17)8-4-2-1-3-5-8/h1-5,9H,6-7,12-14H2. The molecule has 6 N–H and O–H groups in total. The van der Waals surface area contributed by atoms with E-state index in [1.807, 2.05) is 0 Å². The minimum Gasteiger partial charge on any atom is -0.322 e. The van der Waals surface area contributed by atoms with Crippen LogP contribution >= 0.6 is 0 Å². The number of ketones is 1. The fourth-order valence-electron chi connectivity index (χ4n) is 1.33. The summed E-state index contributed by atoms with van der Waals surface area (Å²) in [5.41, 5.74) is 11.3. The molecule has 1 amide bonds.